The van der Waals surface area contributed by atoms with Gasteiger partial charge in [0, 0.05) is 18.6 Å². The van der Waals surface area contributed by atoms with Gasteiger partial charge in [0.05, 0.1) is 6.10 Å². The molecule has 3 aliphatic rings. The summed E-state index contributed by atoms with van der Waals surface area (Å²) in [5.74, 6) is 0.396. The number of nitrogens with two attached hydrogens (primary N) is 1. The van der Waals surface area contributed by atoms with Gasteiger partial charge in [0.2, 0.25) is 0 Å². The maximum atomic E-state index is 14.2. The van der Waals surface area contributed by atoms with E-state index in [1.54, 1.807) is 12.0 Å². The second-order valence-electron chi connectivity index (χ2n) is 10.1. The van der Waals surface area contributed by atoms with Crippen molar-refractivity contribution >= 4 is 11.9 Å². The van der Waals surface area contributed by atoms with E-state index in [2.05, 4.69) is 49.4 Å². The molecule has 2 N–H and O–H groups in total. The molecule has 5 heteroatoms. The minimum Gasteiger partial charge on any atom is -0.381 e. The van der Waals surface area contributed by atoms with Gasteiger partial charge < -0.3 is 10.5 Å². The smallest absolute Gasteiger partial charge is 0.262 e. The average molecular weight is 432 g/mol. The number of methoxy groups -OCH3 is 1. The minimum absolute atomic E-state index is 0.0259. The molecule has 0 aromatic heterocycles. The van der Waals surface area contributed by atoms with Gasteiger partial charge in [0.25, 0.3) is 5.91 Å². The summed E-state index contributed by atoms with van der Waals surface area (Å²) in [6.45, 7) is 6.12. The first-order chi connectivity index (χ1) is 15.3. The molecule has 5 rings (SSSR count). The lowest BCUT2D eigenvalue weighted by molar-refractivity contribution is -0.139. The summed E-state index contributed by atoms with van der Waals surface area (Å²) in [7, 11) is 1.79. The first-order valence-corrected chi connectivity index (χ1v) is 11.7. The molecule has 1 fully saturated rings. The first kappa shape index (κ1) is 21.2. The van der Waals surface area contributed by atoms with E-state index in [0.717, 1.165) is 48.8 Å². The zero-order valence-corrected chi connectivity index (χ0v) is 19.5. The van der Waals surface area contributed by atoms with Gasteiger partial charge in [-0.15, -0.1) is 0 Å². The van der Waals surface area contributed by atoms with Crippen molar-refractivity contribution in [2.24, 2.45) is 16.1 Å². The van der Waals surface area contributed by atoms with Crippen LogP contribution in [-0.2, 0) is 21.5 Å². The average Bonchev–Trinajstić information content (AvgIpc) is 3.20. The van der Waals surface area contributed by atoms with Gasteiger partial charge in [0.1, 0.15) is 0 Å². The fraction of sp³-hybridized carbons (Fsp3) is 0.481. The second kappa shape index (κ2) is 7.45. The highest BCUT2D eigenvalue weighted by Gasteiger charge is 2.66. The Balaban J connectivity index is 1.68. The molecule has 1 saturated carbocycles. The summed E-state index contributed by atoms with van der Waals surface area (Å²) in [5.41, 5.74) is 11.0. The van der Waals surface area contributed by atoms with Crippen LogP contribution >= 0.6 is 0 Å². The van der Waals surface area contributed by atoms with Crippen LogP contribution in [0, 0.1) is 12.3 Å². The monoisotopic (exact) mass is 431 g/mol. The largest absolute Gasteiger partial charge is 0.381 e. The molecule has 168 valence electrons. The molecule has 1 amide bonds. The first-order valence-electron chi connectivity index (χ1n) is 11.7. The molecule has 0 bridgehead atoms. The van der Waals surface area contributed by atoms with E-state index in [9.17, 15) is 4.79 Å². The summed E-state index contributed by atoms with van der Waals surface area (Å²) in [6.07, 6.45) is 4.83. The molecule has 2 aliphatic carbocycles. The summed E-state index contributed by atoms with van der Waals surface area (Å²) >= 11 is 0. The Morgan fingerprint density at radius 1 is 1.12 bits per heavy atom. The lowest BCUT2D eigenvalue weighted by atomic mass is 9.61. The lowest BCUT2D eigenvalue weighted by Gasteiger charge is -2.45. The third-order valence-corrected chi connectivity index (χ3v) is 7.94. The van der Waals surface area contributed by atoms with E-state index < -0.39 is 5.54 Å². The molecule has 5 nitrogen and oxygen atoms in total. The number of nitrogens with zero attached hydrogens (tertiary/aromatic N) is 2. The van der Waals surface area contributed by atoms with Crippen molar-refractivity contribution in [1.82, 2.24) is 4.90 Å². The molecule has 2 spiro atoms. The number of ether oxygens (including phenoxy) is 1. The highest BCUT2D eigenvalue weighted by atomic mass is 16.5. The van der Waals surface area contributed by atoms with Crippen molar-refractivity contribution in [3.8, 4) is 11.1 Å². The van der Waals surface area contributed by atoms with Gasteiger partial charge in [-0.2, -0.15) is 0 Å². The topological polar surface area (TPSA) is 67.9 Å². The Kier molecular flexibility index (Phi) is 4.93. The Morgan fingerprint density at radius 2 is 1.84 bits per heavy atom. The number of hydrogen-bond acceptors (Lipinski definition) is 4. The fourth-order valence-corrected chi connectivity index (χ4v) is 6.34. The third kappa shape index (κ3) is 2.87. The minimum atomic E-state index is -0.935. The predicted octanol–water partition coefficient (Wildman–Crippen LogP) is 4.55. The second-order valence-corrected chi connectivity index (χ2v) is 10.1. The van der Waals surface area contributed by atoms with Crippen molar-refractivity contribution in [2.45, 2.75) is 70.6 Å². The van der Waals surface area contributed by atoms with Gasteiger partial charge >= 0.3 is 0 Å². The number of guanidine groups is 1. The zero-order valence-electron chi connectivity index (χ0n) is 19.5. The van der Waals surface area contributed by atoms with Crippen molar-refractivity contribution in [2.75, 3.05) is 7.11 Å². The molecule has 0 radical (unpaired) electrons. The molecule has 0 saturated heterocycles. The summed E-state index contributed by atoms with van der Waals surface area (Å²) in [5, 5.41) is 0. The van der Waals surface area contributed by atoms with Gasteiger partial charge in [0.15, 0.2) is 11.5 Å². The summed E-state index contributed by atoms with van der Waals surface area (Å²) in [4.78, 5) is 20.9. The van der Waals surface area contributed by atoms with Crippen molar-refractivity contribution in [1.29, 1.82) is 0 Å². The van der Waals surface area contributed by atoms with Crippen LogP contribution in [0.5, 0.6) is 0 Å². The fourth-order valence-electron chi connectivity index (χ4n) is 6.34. The van der Waals surface area contributed by atoms with Crippen LogP contribution in [0.1, 0.15) is 56.2 Å². The van der Waals surface area contributed by atoms with Gasteiger partial charge in [-0.25, -0.2) is 4.99 Å². The standard InChI is InChI=1S/C27H33N3O2/c1-17(2)30-24(31)27(29-25(30)28)23-15-20(19-7-5-6-18(3)14-19)8-9-21(23)16-26(27)12-10-22(32-4)11-13-26/h5-9,14-15,17,22H,10-13,16H2,1-4H3,(H2,28,29). The molecule has 1 aliphatic heterocycles. The summed E-state index contributed by atoms with van der Waals surface area (Å²) < 4.78 is 5.66. The van der Waals surface area contributed by atoms with Crippen molar-refractivity contribution in [3.05, 3.63) is 59.2 Å². The van der Waals surface area contributed by atoms with E-state index in [4.69, 9.17) is 15.5 Å². The summed E-state index contributed by atoms with van der Waals surface area (Å²) in [6, 6.07) is 15.1. The lowest BCUT2D eigenvalue weighted by Crippen LogP contribution is -2.53. The quantitative estimate of drug-likeness (QED) is 0.775. The molecular weight excluding hydrogens is 398 g/mol. The van der Waals surface area contributed by atoms with Crippen LogP contribution in [0.3, 0.4) is 0 Å². The number of benzene rings is 2. The highest BCUT2D eigenvalue weighted by molar-refractivity contribution is 6.08. The van der Waals surface area contributed by atoms with Crippen molar-refractivity contribution in [3.63, 3.8) is 0 Å². The normalized spacial score (nSPS) is 29.3. The van der Waals surface area contributed by atoms with E-state index in [1.807, 2.05) is 13.8 Å². The predicted molar refractivity (Wildman–Crippen MR) is 127 cm³/mol. The van der Waals surface area contributed by atoms with Crippen molar-refractivity contribution < 1.29 is 9.53 Å². The van der Waals surface area contributed by atoms with Crippen LogP contribution in [0.4, 0.5) is 0 Å². The molecule has 2 aromatic carbocycles. The maximum Gasteiger partial charge on any atom is 0.262 e. The SMILES string of the molecule is COC1CCC2(CC1)Cc1ccc(-c3cccc(C)c3)cc1C21N=C(N)N(C(C)C)C1=O. The van der Waals surface area contributed by atoms with Crippen LogP contribution in [0.15, 0.2) is 47.5 Å². The van der Waals surface area contributed by atoms with E-state index >= 15 is 0 Å². The van der Waals surface area contributed by atoms with Gasteiger partial charge in [-0.05, 0) is 81.2 Å². The highest BCUT2D eigenvalue weighted by Crippen LogP contribution is 2.62. The molecular formula is C27H33N3O2. The number of carbonyl (C=O) groups is 1. The Bertz CT molecular complexity index is 1100. The van der Waals surface area contributed by atoms with Gasteiger partial charge in [-0.1, -0.05) is 42.0 Å². The molecule has 32 heavy (non-hydrogen) atoms. The molecule has 2 aromatic rings. The van der Waals surface area contributed by atoms with Crippen LogP contribution in [-0.4, -0.2) is 36.0 Å². The number of amides is 1. The van der Waals surface area contributed by atoms with Crippen LogP contribution in [0.25, 0.3) is 11.1 Å². The van der Waals surface area contributed by atoms with E-state index in [0.29, 0.717) is 5.96 Å². The van der Waals surface area contributed by atoms with Crippen LogP contribution in [0.2, 0.25) is 0 Å². The maximum absolute atomic E-state index is 14.2. The van der Waals surface area contributed by atoms with E-state index in [-0.39, 0.29) is 23.5 Å². The number of aryl methyl sites for hydroxylation is 1. The Hall–Kier alpha value is -2.66. The number of fused-ring (bicyclic) bond motifs is 3. The Labute approximate surface area is 190 Å². The van der Waals surface area contributed by atoms with E-state index in [1.165, 1.54) is 11.1 Å². The molecule has 1 unspecified atom stereocenters. The Morgan fingerprint density at radius 3 is 2.47 bits per heavy atom. The molecule has 1 heterocycles. The molecule has 1 atom stereocenters. The third-order valence-electron chi connectivity index (χ3n) is 7.94. The number of aliphatic imine (C=N–C) groups is 1. The zero-order chi connectivity index (χ0) is 22.7. The van der Waals surface area contributed by atoms with Crippen LogP contribution < -0.4 is 5.73 Å². The number of carbonyl (C=O) groups excluding carboxylic acids is 1. The van der Waals surface area contributed by atoms with Gasteiger partial charge in [-0.3, -0.25) is 9.69 Å². The number of hydrogen-bond donors (Lipinski definition) is 1. The number of rotatable bonds is 3.